The first-order valence-electron chi connectivity index (χ1n) is 5.88. The van der Waals surface area contributed by atoms with Crippen molar-refractivity contribution in [2.45, 2.75) is 32.1 Å². The van der Waals surface area contributed by atoms with Gasteiger partial charge in [-0.05, 0) is 31.7 Å². The van der Waals surface area contributed by atoms with Gasteiger partial charge in [0.15, 0.2) is 0 Å². The molecule has 0 radical (unpaired) electrons. The number of alkyl halides is 6. The Kier molecular flexibility index (Phi) is 5.32. The van der Waals surface area contributed by atoms with Gasteiger partial charge in [-0.15, -0.1) is 26.3 Å². The molecule has 0 saturated heterocycles. The van der Waals surface area contributed by atoms with Crippen molar-refractivity contribution in [3.63, 3.8) is 0 Å². The van der Waals surface area contributed by atoms with E-state index in [1.54, 1.807) is 6.92 Å². The molecule has 1 aromatic rings. The van der Waals surface area contributed by atoms with Gasteiger partial charge in [-0.2, -0.15) is 0 Å². The van der Waals surface area contributed by atoms with Crippen LogP contribution in [0.3, 0.4) is 0 Å². The SMILES string of the molecule is CCC(NC)c1cc(OC(F)(F)F)ccc1OC(F)(F)F. The maximum atomic E-state index is 12.3. The minimum Gasteiger partial charge on any atom is -0.406 e. The number of hydrogen-bond donors (Lipinski definition) is 1. The Hall–Kier alpha value is -1.64. The number of nitrogens with one attached hydrogen (secondary N) is 1. The molecule has 0 heterocycles. The van der Waals surface area contributed by atoms with Crippen LogP contribution in [0.15, 0.2) is 18.2 Å². The van der Waals surface area contributed by atoms with Crippen molar-refractivity contribution in [3.8, 4) is 11.5 Å². The molecule has 1 atom stereocenters. The van der Waals surface area contributed by atoms with Crippen molar-refractivity contribution >= 4 is 0 Å². The first-order valence-corrected chi connectivity index (χ1v) is 5.88. The quantitative estimate of drug-likeness (QED) is 0.828. The van der Waals surface area contributed by atoms with Crippen LogP contribution in [0, 0.1) is 0 Å². The zero-order valence-corrected chi connectivity index (χ0v) is 11.1. The van der Waals surface area contributed by atoms with Gasteiger partial charge in [-0.25, -0.2) is 0 Å². The highest BCUT2D eigenvalue weighted by Crippen LogP contribution is 2.35. The summed E-state index contributed by atoms with van der Waals surface area (Å²) in [6.07, 6.45) is -9.52. The van der Waals surface area contributed by atoms with Gasteiger partial charge < -0.3 is 14.8 Å². The Labute approximate surface area is 116 Å². The van der Waals surface area contributed by atoms with Crippen molar-refractivity contribution in [1.29, 1.82) is 0 Å². The molecule has 9 heteroatoms. The van der Waals surface area contributed by atoms with E-state index in [1.807, 2.05) is 0 Å². The second-order valence-electron chi connectivity index (χ2n) is 4.04. The normalized spacial score (nSPS) is 13.9. The van der Waals surface area contributed by atoms with Gasteiger partial charge >= 0.3 is 12.7 Å². The smallest absolute Gasteiger partial charge is 0.406 e. The Bertz CT molecular complexity index is 468. The van der Waals surface area contributed by atoms with Crippen LogP contribution in [0.1, 0.15) is 24.9 Å². The lowest BCUT2D eigenvalue weighted by Crippen LogP contribution is -2.22. The van der Waals surface area contributed by atoms with Gasteiger partial charge in [-0.1, -0.05) is 6.92 Å². The van der Waals surface area contributed by atoms with E-state index in [0.29, 0.717) is 6.42 Å². The summed E-state index contributed by atoms with van der Waals surface area (Å²) in [5, 5.41) is 2.70. The fraction of sp³-hybridized carbons (Fsp3) is 0.500. The molecule has 120 valence electrons. The van der Waals surface area contributed by atoms with E-state index < -0.39 is 30.3 Å². The van der Waals surface area contributed by atoms with Gasteiger partial charge in [0.05, 0.1) is 0 Å². The third-order valence-electron chi connectivity index (χ3n) is 2.57. The molecule has 1 unspecified atom stereocenters. The monoisotopic (exact) mass is 317 g/mol. The molecule has 1 N–H and O–H groups in total. The van der Waals surface area contributed by atoms with Crippen LogP contribution in [0.2, 0.25) is 0 Å². The summed E-state index contributed by atoms with van der Waals surface area (Å²) in [6.45, 7) is 1.66. The third kappa shape index (κ3) is 5.70. The molecule has 0 spiro atoms. The van der Waals surface area contributed by atoms with E-state index in [2.05, 4.69) is 14.8 Å². The third-order valence-corrected chi connectivity index (χ3v) is 2.57. The zero-order chi connectivity index (χ0) is 16.3. The van der Waals surface area contributed by atoms with Gasteiger partial charge in [-0.3, -0.25) is 0 Å². The summed E-state index contributed by atoms with van der Waals surface area (Å²) >= 11 is 0. The molecule has 0 fully saturated rings. The lowest BCUT2D eigenvalue weighted by atomic mass is 10.0. The Morgan fingerprint density at radius 1 is 1.05 bits per heavy atom. The summed E-state index contributed by atoms with van der Waals surface area (Å²) < 4.78 is 80.9. The Morgan fingerprint density at radius 3 is 2.05 bits per heavy atom. The highest BCUT2D eigenvalue weighted by atomic mass is 19.4. The first kappa shape index (κ1) is 17.4. The van der Waals surface area contributed by atoms with E-state index in [1.165, 1.54) is 7.05 Å². The zero-order valence-electron chi connectivity index (χ0n) is 11.1. The van der Waals surface area contributed by atoms with E-state index in [0.717, 1.165) is 18.2 Å². The van der Waals surface area contributed by atoms with Crippen molar-refractivity contribution in [2.24, 2.45) is 0 Å². The molecule has 0 saturated carbocycles. The molecule has 1 aromatic carbocycles. The average Bonchev–Trinajstić information content (AvgIpc) is 2.30. The minimum absolute atomic E-state index is 0.0703. The molecule has 0 aliphatic heterocycles. The number of rotatable bonds is 5. The van der Waals surface area contributed by atoms with Crippen LogP contribution in [-0.4, -0.2) is 19.8 Å². The van der Waals surface area contributed by atoms with Crippen LogP contribution in [0.25, 0.3) is 0 Å². The first-order chi connectivity index (χ1) is 9.55. The fourth-order valence-electron chi connectivity index (χ4n) is 1.79. The molecule has 3 nitrogen and oxygen atoms in total. The molecule has 0 bridgehead atoms. The topological polar surface area (TPSA) is 30.5 Å². The largest absolute Gasteiger partial charge is 0.573 e. The van der Waals surface area contributed by atoms with Crippen LogP contribution in [-0.2, 0) is 0 Å². The molecule has 0 aliphatic rings. The van der Waals surface area contributed by atoms with Crippen LogP contribution in [0.5, 0.6) is 11.5 Å². The van der Waals surface area contributed by atoms with Crippen molar-refractivity contribution < 1.29 is 35.8 Å². The van der Waals surface area contributed by atoms with Gasteiger partial charge in [0.2, 0.25) is 0 Å². The molecule has 0 amide bonds. The van der Waals surface area contributed by atoms with Crippen LogP contribution < -0.4 is 14.8 Å². The van der Waals surface area contributed by atoms with Crippen LogP contribution >= 0.6 is 0 Å². The molecule has 0 aromatic heterocycles. The molecular formula is C12H13F6NO2. The Morgan fingerprint density at radius 2 is 1.62 bits per heavy atom. The van der Waals surface area contributed by atoms with Crippen LogP contribution in [0.4, 0.5) is 26.3 Å². The van der Waals surface area contributed by atoms with Gasteiger partial charge in [0.25, 0.3) is 0 Å². The number of halogens is 6. The summed E-state index contributed by atoms with van der Waals surface area (Å²) in [7, 11) is 1.48. The van der Waals surface area contributed by atoms with E-state index >= 15 is 0 Å². The van der Waals surface area contributed by atoms with Crippen molar-refractivity contribution in [2.75, 3.05) is 7.05 Å². The standard InChI is InChI=1S/C12H13F6NO2/c1-3-9(19-2)8-6-7(20-11(13,14)15)4-5-10(8)21-12(16,17)18/h4-6,9,19H,3H2,1-2H3. The van der Waals surface area contributed by atoms with E-state index in [-0.39, 0.29) is 5.56 Å². The molecular weight excluding hydrogens is 304 g/mol. The summed E-state index contributed by atoms with van der Waals surface area (Å²) in [4.78, 5) is 0. The lowest BCUT2D eigenvalue weighted by molar-refractivity contribution is -0.277. The highest BCUT2D eigenvalue weighted by molar-refractivity contribution is 5.42. The molecule has 21 heavy (non-hydrogen) atoms. The summed E-state index contributed by atoms with van der Waals surface area (Å²) in [5.74, 6) is -1.18. The van der Waals surface area contributed by atoms with Crippen molar-refractivity contribution in [3.05, 3.63) is 23.8 Å². The van der Waals surface area contributed by atoms with Gasteiger partial charge in [0.1, 0.15) is 11.5 Å². The predicted molar refractivity (Wildman–Crippen MR) is 61.9 cm³/mol. The summed E-state index contributed by atoms with van der Waals surface area (Å²) in [5.41, 5.74) is -0.0703. The average molecular weight is 317 g/mol. The van der Waals surface area contributed by atoms with E-state index in [4.69, 9.17) is 0 Å². The molecule has 0 aliphatic carbocycles. The second kappa shape index (κ2) is 6.42. The Balaban J connectivity index is 3.19. The second-order valence-corrected chi connectivity index (χ2v) is 4.04. The van der Waals surface area contributed by atoms with Gasteiger partial charge in [0, 0.05) is 11.6 Å². The number of benzene rings is 1. The predicted octanol–water partition coefficient (Wildman–Crippen LogP) is 4.15. The highest BCUT2D eigenvalue weighted by Gasteiger charge is 2.34. The fourth-order valence-corrected chi connectivity index (χ4v) is 1.79. The summed E-state index contributed by atoms with van der Waals surface area (Å²) in [6, 6.07) is 1.82. The maximum Gasteiger partial charge on any atom is 0.573 e. The van der Waals surface area contributed by atoms with E-state index in [9.17, 15) is 26.3 Å². The lowest BCUT2D eigenvalue weighted by Gasteiger charge is -2.21. The number of hydrogen-bond acceptors (Lipinski definition) is 3. The molecule has 1 rings (SSSR count). The maximum absolute atomic E-state index is 12.3. The van der Waals surface area contributed by atoms with Crippen molar-refractivity contribution in [1.82, 2.24) is 5.32 Å². The number of ether oxygens (including phenoxy) is 2. The minimum atomic E-state index is -4.94.